The number of alkyl halides is 3. The minimum Gasteiger partial charge on any atom is -0.465 e. The fraction of sp³-hybridized carbons (Fsp3) is 0.333. The number of halogens is 4. The minimum absolute atomic E-state index is 0.0755. The van der Waals surface area contributed by atoms with Crippen LogP contribution in [0.4, 0.5) is 18.9 Å². The first kappa shape index (κ1) is 15.6. The number of carbonyl (C=O) groups excluding carboxylic acids is 1. The Balaban J connectivity index is 2.48. The number of rotatable bonds is 2. The Morgan fingerprint density at radius 1 is 1.43 bits per heavy atom. The summed E-state index contributed by atoms with van der Waals surface area (Å²) in [5, 5.41) is 14.5. The zero-order valence-electron chi connectivity index (χ0n) is 10.7. The second-order valence-electron chi connectivity index (χ2n) is 4.32. The van der Waals surface area contributed by atoms with Gasteiger partial charge in [-0.2, -0.15) is 18.3 Å². The van der Waals surface area contributed by atoms with Gasteiger partial charge in [0.25, 0.3) is 5.72 Å². The molecule has 0 saturated heterocycles. The highest BCUT2D eigenvalue weighted by Crippen LogP contribution is 2.37. The summed E-state index contributed by atoms with van der Waals surface area (Å²) in [6, 6.07) is 5.46. The van der Waals surface area contributed by atoms with E-state index in [0.717, 1.165) is 7.11 Å². The first-order chi connectivity index (χ1) is 9.68. The second kappa shape index (κ2) is 5.19. The van der Waals surface area contributed by atoms with Crippen molar-refractivity contribution in [3.8, 4) is 0 Å². The lowest BCUT2D eigenvalue weighted by Crippen LogP contribution is -2.51. The molecule has 114 valence electrons. The highest BCUT2D eigenvalue weighted by Gasteiger charge is 2.55. The van der Waals surface area contributed by atoms with Gasteiger partial charge >= 0.3 is 12.1 Å². The van der Waals surface area contributed by atoms with Gasteiger partial charge in [0, 0.05) is 5.02 Å². The molecule has 0 saturated carbocycles. The van der Waals surface area contributed by atoms with Gasteiger partial charge in [-0.05, 0) is 24.3 Å². The molecule has 0 aromatic heterocycles. The molecule has 1 aliphatic heterocycles. The number of aliphatic hydroxyl groups is 1. The molecule has 1 aliphatic rings. The lowest BCUT2D eigenvalue weighted by atomic mass is 10.1. The van der Waals surface area contributed by atoms with Crippen molar-refractivity contribution in [1.82, 2.24) is 0 Å². The monoisotopic (exact) mass is 322 g/mol. The van der Waals surface area contributed by atoms with E-state index in [-0.39, 0.29) is 5.69 Å². The van der Waals surface area contributed by atoms with Gasteiger partial charge in [0.05, 0.1) is 19.2 Å². The van der Waals surface area contributed by atoms with E-state index < -0.39 is 30.0 Å². The van der Waals surface area contributed by atoms with Gasteiger partial charge in [-0.15, -0.1) is 0 Å². The van der Waals surface area contributed by atoms with Gasteiger partial charge in [0.15, 0.2) is 0 Å². The SMILES string of the molecule is COC(=O)C1(O)CC(C(F)(F)F)=NN1c1ccc(Cl)cc1. The van der Waals surface area contributed by atoms with Gasteiger partial charge in [-0.3, -0.25) is 0 Å². The Labute approximate surface area is 122 Å². The maximum atomic E-state index is 12.8. The summed E-state index contributed by atoms with van der Waals surface area (Å²) < 4.78 is 42.7. The third-order valence-corrected chi connectivity index (χ3v) is 3.15. The lowest BCUT2D eigenvalue weighted by molar-refractivity contribution is -0.161. The number of anilines is 1. The van der Waals surface area contributed by atoms with Crippen molar-refractivity contribution >= 4 is 29.0 Å². The van der Waals surface area contributed by atoms with E-state index >= 15 is 0 Å². The van der Waals surface area contributed by atoms with E-state index in [4.69, 9.17) is 11.6 Å². The molecule has 9 heteroatoms. The molecular formula is C12H10ClF3N2O3. The average molecular weight is 323 g/mol. The molecule has 0 fully saturated rings. The van der Waals surface area contributed by atoms with E-state index in [0.29, 0.717) is 10.0 Å². The molecule has 1 heterocycles. The number of hydrogen-bond donors (Lipinski definition) is 1. The number of benzene rings is 1. The highest BCUT2D eigenvalue weighted by atomic mass is 35.5. The molecule has 1 N–H and O–H groups in total. The van der Waals surface area contributed by atoms with Crippen molar-refractivity contribution < 1.29 is 27.8 Å². The van der Waals surface area contributed by atoms with Crippen molar-refractivity contribution in [3.63, 3.8) is 0 Å². The minimum atomic E-state index is -4.76. The largest absolute Gasteiger partial charge is 0.465 e. The molecule has 1 aromatic carbocycles. The van der Waals surface area contributed by atoms with Crippen molar-refractivity contribution in [2.75, 3.05) is 12.1 Å². The smallest absolute Gasteiger partial charge is 0.431 e. The van der Waals surface area contributed by atoms with E-state index in [1.54, 1.807) is 0 Å². The van der Waals surface area contributed by atoms with Crippen LogP contribution in [0.3, 0.4) is 0 Å². The summed E-state index contributed by atoms with van der Waals surface area (Å²) >= 11 is 5.69. The van der Waals surface area contributed by atoms with E-state index in [2.05, 4.69) is 9.84 Å². The van der Waals surface area contributed by atoms with Gasteiger partial charge < -0.3 is 9.84 Å². The normalized spacial score (nSPS) is 22.2. The lowest BCUT2D eigenvalue weighted by Gasteiger charge is -2.29. The third-order valence-electron chi connectivity index (χ3n) is 2.90. The predicted molar refractivity (Wildman–Crippen MR) is 69.0 cm³/mol. The summed E-state index contributed by atoms with van der Waals surface area (Å²) in [7, 11) is 0.964. The van der Waals surface area contributed by atoms with Crippen LogP contribution in [-0.4, -0.2) is 35.8 Å². The fourth-order valence-corrected chi connectivity index (χ4v) is 2.01. The molecule has 0 amide bonds. The molecular weight excluding hydrogens is 313 g/mol. The Hall–Kier alpha value is -1.80. The van der Waals surface area contributed by atoms with Crippen LogP contribution in [0, 0.1) is 0 Å². The van der Waals surface area contributed by atoms with Crippen LogP contribution in [0.2, 0.25) is 5.02 Å². The third kappa shape index (κ3) is 2.81. The first-order valence-corrected chi connectivity index (χ1v) is 6.07. The molecule has 0 radical (unpaired) electrons. The average Bonchev–Trinajstić information content (AvgIpc) is 2.78. The molecule has 0 aliphatic carbocycles. The van der Waals surface area contributed by atoms with Crippen molar-refractivity contribution in [3.05, 3.63) is 29.3 Å². The molecule has 5 nitrogen and oxygen atoms in total. The molecule has 1 aromatic rings. The summed E-state index contributed by atoms with van der Waals surface area (Å²) in [5.41, 5.74) is -3.75. The number of methoxy groups -OCH3 is 1. The number of carbonyl (C=O) groups is 1. The van der Waals surface area contributed by atoms with Crippen molar-refractivity contribution in [2.24, 2.45) is 5.10 Å². The summed E-state index contributed by atoms with van der Waals surface area (Å²) in [5.74, 6) is -1.24. The van der Waals surface area contributed by atoms with E-state index in [1.807, 2.05) is 0 Å². The van der Waals surface area contributed by atoms with Crippen LogP contribution in [0.5, 0.6) is 0 Å². The first-order valence-electron chi connectivity index (χ1n) is 5.70. The Bertz CT molecular complexity index is 588. The summed E-state index contributed by atoms with van der Waals surface area (Å²) in [6.07, 6.45) is -5.78. The van der Waals surface area contributed by atoms with Crippen molar-refractivity contribution in [2.45, 2.75) is 18.3 Å². The Morgan fingerprint density at radius 2 is 2.00 bits per heavy atom. The second-order valence-corrected chi connectivity index (χ2v) is 4.75. The van der Waals surface area contributed by atoms with Crippen LogP contribution in [0.1, 0.15) is 6.42 Å². The quantitative estimate of drug-likeness (QED) is 0.849. The topological polar surface area (TPSA) is 62.1 Å². The predicted octanol–water partition coefficient (Wildman–Crippen LogP) is 2.33. The number of hydrogen-bond acceptors (Lipinski definition) is 5. The number of esters is 1. The Morgan fingerprint density at radius 3 is 2.48 bits per heavy atom. The standard InChI is InChI=1S/C12H10ClF3N2O3/c1-21-10(19)11(20)6-9(12(14,15)16)17-18(11)8-4-2-7(13)3-5-8/h2-5,20H,6H2,1H3. The maximum absolute atomic E-state index is 12.8. The number of ether oxygens (including phenoxy) is 1. The number of nitrogens with zero attached hydrogens (tertiary/aromatic N) is 2. The molecule has 0 spiro atoms. The van der Waals surface area contributed by atoms with Crippen LogP contribution in [-0.2, 0) is 9.53 Å². The van der Waals surface area contributed by atoms with Crippen LogP contribution < -0.4 is 5.01 Å². The van der Waals surface area contributed by atoms with E-state index in [1.165, 1.54) is 24.3 Å². The van der Waals surface area contributed by atoms with Gasteiger partial charge in [-0.1, -0.05) is 11.6 Å². The zero-order chi connectivity index (χ0) is 15.8. The molecule has 0 bridgehead atoms. The van der Waals surface area contributed by atoms with Crippen LogP contribution >= 0.6 is 11.6 Å². The molecule has 21 heavy (non-hydrogen) atoms. The van der Waals surface area contributed by atoms with Gasteiger partial charge in [0.2, 0.25) is 0 Å². The van der Waals surface area contributed by atoms with Gasteiger partial charge in [0.1, 0.15) is 5.71 Å². The molecule has 2 rings (SSSR count). The van der Waals surface area contributed by atoms with Crippen LogP contribution in [0.15, 0.2) is 29.4 Å². The summed E-state index contributed by atoms with van der Waals surface area (Å²) in [6.45, 7) is 0. The van der Waals surface area contributed by atoms with E-state index in [9.17, 15) is 23.1 Å². The Kier molecular flexibility index (Phi) is 3.85. The fourth-order valence-electron chi connectivity index (χ4n) is 1.88. The highest BCUT2D eigenvalue weighted by molar-refractivity contribution is 6.30. The number of hydrazone groups is 1. The van der Waals surface area contributed by atoms with Crippen molar-refractivity contribution in [1.29, 1.82) is 0 Å². The zero-order valence-corrected chi connectivity index (χ0v) is 11.4. The molecule has 1 unspecified atom stereocenters. The summed E-state index contributed by atoms with van der Waals surface area (Å²) in [4.78, 5) is 11.7. The maximum Gasteiger partial charge on any atom is 0.431 e. The van der Waals surface area contributed by atoms with Gasteiger partial charge in [-0.25, -0.2) is 9.80 Å². The molecule has 1 atom stereocenters. The van der Waals surface area contributed by atoms with Crippen LogP contribution in [0.25, 0.3) is 0 Å².